The second-order valence-corrected chi connectivity index (χ2v) is 7.88. The van der Waals surface area contributed by atoms with Gasteiger partial charge in [-0.1, -0.05) is 32.8 Å². The SMILES string of the molecule is CCCCCc1cc(O)c2c(c1)OC(C)(C)[C@@H]1CC[C@@H](C)C=C21. The van der Waals surface area contributed by atoms with E-state index in [9.17, 15) is 5.11 Å². The van der Waals surface area contributed by atoms with Crippen LogP contribution in [0.3, 0.4) is 0 Å². The molecule has 126 valence electrons. The molecule has 1 heterocycles. The number of allylic oxidation sites excluding steroid dienone is 1. The van der Waals surface area contributed by atoms with Crippen LogP contribution in [-0.4, -0.2) is 10.7 Å². The van der Waals surface area contributed by atoms with Crippen LogP contribution in [0, 0.1) is 11.8 Å². The molecule has 0 radical (unpaired) electrons. The molecule has 0 bridgehead atoms. The number of phenols is 1. The van der Waals surface area contributed by atoms with Gasteiger partial charge >= 0.3 is 0 Å². The molecule has 1 aromatic carbocycles. The molecule has 2 aliphatic rings. The first-order valence-corrected chi connectivity index (χ1v) is 9.19. The lowest BCUT2D eigenvalue weighted by Crippen LogP contribution is -2.42. The van der Waals surface area contributed by atoms with E-state index in [0.717, 1.165) is 24.2 Å². The first-order chi connectivity index (χ1) is 10.9. The molecule has 23 heavy (non-hydrogen) atoms. The Morgan fingerprint density at radius 1 is 1.22 bits per heavy atom. The van der Waals surface area contributed by atoms with Crippen molar-refractivity contribution in [3.8, 4) is 11.5 Å². The largest absolute Gasteiger partial charge is 0.507 e. The molecule has 1 aliphatic heterocycles. The fraction of sp³-hybridized carbons (Fsp3) is 0.619. The lowest BCUT2D eigenvalue weighted by Gasteiger charge is -2.44. The van der Waals surface area contributed by atoms with Crippen molar-refractivity contribution in [2.45, 2.75) is 71.8 Å². The standard InChI is InChI=1S/C21H30O2/c1-5-6-7-8-15-12-18(22)20-16-11-14(2)9-10-17(16)21(3,4)23-19(20)13-15/h11-14,17,22H,5-10H2,1-4H3/t14-,17-/m1/s1. The molecule has 2 heteroatoms. The van der Waals surface area contributed by atoms with E-state index in [-0.39, 0.29) is 5.60 Å². The van der Waals surface area contributed by atoms with Crippen molar-refractivity contribution in [1.82, 2.24) is 0 Å². The third-order valence-corrected chi connectivity index (χ3v) is 5.46. The van der Waals surface area contributed by atoms with Gasteiger partial charge in [-0.2, -0.15) is 0 Å². The Morgan fingerprint density at radius 2 is 2.00 bits per heavy atom. The zero-order valence-electron chi connectivity index (χ0n) is 15.0. The van der Waals surface area contributed by atoms with Crippen LogP contribution < -0.4 is 4.74 Å². The van der Waals surface area contributed by atoms with Gasteiger partial charge in [-0.05, 0) is 68.7 Å². The predicted octanol–water partition coefficient (Wildman–Crippen LogP) is 5.73. The van der Waals surface area contributed by atoms with Crippen LogP contribution >= 0.6 is 0 Å². The number of fused-ring (bicyclic) bond motifs is 3. The van der Waals surface area contributed by atoms with Crippen molar-refractivity contribution in [3.05, 3.63) is 29.3 Å². The second-order valence-electron chi connectivity index (χ2n) is 7.88. The minimum atomic E-state index is -0.201. The summed E-state index contributed by atoms with van der Waals surface area (Å²) in [6.45, 7) is 8.85. The Hall–Kier alpha value is -1.44. The van der Waals surface area contributed by atoms with Gasteiger partial charge in [0.15, 0.2) is 0 Å². The molecule has 0 fully saturated rings. The van der Waals surface area contributed by atoms with Gasteiger partial charge in [0.2, 0.25) is 0 Å². The van der Waals surface area contributed by atoms with Gasteiger partial charge in [0, 0.05) is 5.92 Å². The van der Waals surface area contributed by atoms with Crippen molar-refractivity contribution in [2.24, 2.45) is 11.8 Å². The van der Waals surface area contributed by atoms with Crippen LogP contribution in [0.25, 0.3) is 5.57 Å². The number of benzene rings is 1. The van der Waals surface area contributed by atoms with E-state index in [1.807, 2.05) is 6.07 Å². The molecule has 0 spiro atoms. The van der Waals surface area contributed by atoms with E-state index in [0.29, 0.717) is 17.6 Å². The second kappa shape index (κ2) is 6.22. The Morgan fingerprint density at radius 3 is 2.74 bits per heavy atom. The molecule has 1 aromatic rings. The molecule has 0 amide bonds. The fourth-order valence-electron chi connectivity index (χ4n) is 4.18. The molecule has 0 saturated carbocycles. The number of phenolic OH excluding ortho intramolecular Hbond substituents is 1. The van der Waals surface area contributed by atoms with Gasteiger partial charge < -0.3 is 9.84 Å². The van der Waals surface area contributed by atoms with Crippen LogP contribution in [-0.2, 0) is 6.42 Å². The smallest absolute Gasteiger partial charge is 0.131 e. The highest BCUT2D eigenvalue weighted by Crippen LogP contribution is 2.52. The monoisotopic (exact) mass is 314 g/mol. The topological polar surface area (TPSA) is 29.5 Å². The molecule has 2 atom stereocenters. The summed E-state index contributed by atoms with van der Waals surface area (Å²) in [5.74, 6) is 2.22. The summed E-state index contributed by atoms with van der Waals surface area (Å²) in [5.41, 5.74) is 3.23. The Labute approximate surface area is 140 Å². The lowest BCUT2D eigenvalue weighted by molar-refractivity contribution is 0.0510. The average Bonchev–Trinajstić information content (AvgIpc) is 2.46. The maximum absolute atomic E-state index is 10.7. The zero-order chi connectivity index (χ0) is 16.6. The lowest BCUT2D eigenvalue weighted by atomic mass is 9.70. The number of rotatable bonds is 4. The van der Waals surface area contributed by atoms with Crippen molar-refractivity contribution in [1.29, 1.82) is 0 Å². The van der Waals surface area contributed by atoms with Crippen molar-refractivity contribution < 1.29 is 9.84 Å². The summed E-state index contributed by atoms with van der Waals surface area (Å²) in [6, 6.07) is 4.11. The van der Waals surface area contributed by atoms with Crippen molar-refractivity contribution in [3.63, 3.8) is 0 Å². The normalized spacial score (nSPS) is 25.1. The predicted molar refractivity (Wildman–Crippen MR) is 95.9 cm³/mol. The molecular weight excluding hydrogens is 284 g/mol. The number of hydrogen-bond acceptors (Lipinski definition) is 2. The van der Waals surface area contributed by atoms with Crippen LogP contribution in [0.5, 0.6) is 11.5 Å². The summed E-state index contributed by atoms with van der Waals surface area (Å²) in [6.07, 6.45) is 9.32. The Bertz CT molecular complexity index is 613. The van der Waals surface area contributed by atoms with E-state index in [1.165, 1.54) is 36.8 Å². The van der Waals surface area contributed by atoms with Crippen LogP contribution in [0.4, 0.5) is 0 Å². The van der Waals surface area contributed by atoms with Crippen LogP contribution in [0.15, 0.2) is 18.2 Å². The molecule has 0 saturated heterocycles. The average molecular weight is 314 g/mol. The van der Waals surface area contributed by atoms with Crippen LogP contribution in [0.2, 0.25) is 0 Å². The number of ether oxygens (including phenoxy) is 1. The Kier molecular flexibility index (Phi) is 4.44. The number of hydrogen-bond donors (Lipinski definition) is 1. The summed E-state index contributed by atoms with van der Waals surface area (Å²) in [5, 5.41) is 10.7. The van der Waals surface area contributed by atoms with Gasteiger partial charge in [-0.25, -0.2) is 0 Å². The van der Waals surface area contributed by atoms with Crippen molar-refractivity contribution in [2.75, 3.05) is 0 Å². The van der Waals surface area contributed by atoms with Gasteiger partial charge in [0.1, 0.15) is 17.1 Å². The first kappa shape index (κ1) is 16.4. The summed E-state index contributed by atoms with van der Waals surface area (Å²) < 4.78 is 6.35. The summed E-state index contributed by atoms with van der Waals surface area (Å²) >= 11 is 0. The minimum Gasteiger partial charge on any atom is -0.507 e. The fourth-order valence-corrected chi connectivity index (χ4v) is 4.18. The maximum atomic E-state index is 10.7. The van der Waals surface area contributed by atoms with Crippen LogP contribution in [0.1, 0.15) is 70.9 Å². The Balaban J connectivity index is 2.01. The molecule has 1 aliphatic carbocycles. The molecule has 0 unspecified atom stereocenters. The number of aryl methyl sites for hydroxylation is 1. The first-order valence-electron chi connectivity index (χ1n) is 9.19. The third-order valence-electron chi connectivity index (χ3n) is 5.46. The number of unbranched alkanes of at least 4 members (excludes halogenated alkanes) is 2. The van der Waals surface area contributed by atoms with E-state index >= 15 is 0 Å². The van der Waals surface area contributed by atoms with Gasteiger partial charge in [0.05, 0.1) is 5.56 Å². The highest BCUT2D eigenvalue weighted by atomic mass is 16.5. The van der Waals surface area contributed by atoms with E-state index in [2.05, 4.69) is 39.8 Å². The highest BCUT2D eigenvalue weighted by molar-refractivity contribution is 5.80. The molecule has 0 aromatic heterocycles. The summed E-state index contributed by atoms with van der Waals surface area (Å²) in [7, 11) is 0. The minimum absolute atomic E-state index is 0.201. The van der Waals surface area contributed by atoms with Gasteiger partial charge in [0.25, 0.3) is 0 Å². The van der Waals surface area contributed by atoms with Gasteiger partial charge in [-0.3, -0.25) is 0 Å². The molecule has 3 rings (SSSR count). The molecule has 2 nitrogen and oxygen atoms in total. The quantitative estimate of drug-likeness (QED) is 0.720. The van der Waals surface area contributed by atoms with E-state index in [4.69, 9.17) is 4.74 Å². The third kappa shape index (κ3) is 3.13. The highest BCUT2D eigenvalue weighted by Gasteiger charge is 2.43. The van der Waals surface area contributed by atoms with Gasteiger partial charge in [-0.15, -0.1) is 0 Å². The zero-order valence-corrected chi connectivity index (χ0v) is 15.0. The maximum Gasteiger partial charge on any atom is 0.131 e. The van der Waals surface area contributed by atoms with E-state index < -0.39 is 0 Å². The molecule has 1 N–H and O–H groups in total. The molecular formula is C21H30O2. The number of aromatic hydroxyl groups is 1. The van der Waals surface area contributed by atoms with Crippen molar-refractivity contribution >= 4 is 5.57 Å². The summed E-state index contributed by atoms with van der Waals surface area (Å²) in [4.78, 5) is 0. The van der Waals surface area contributed by atoms with E-state index in [1.54, 1.807) is 0 Å².